The molecule has 452 valence electrons. The van der Waals surface area contributed by atoms with Crippen molar-refractivity contribution in [1.29, 1.82) is 0 Å². The van der Waals surface area contributed by atoms with Crippen LogP contribution in [0.2, 0.25) is 0 Å². The van der Waals surface area contributed by atoms with Gasteiger partial charge in [0.25, 0.3) is 0 Å². The molecule has 1 aliphatic rings. The Morgan fingerprint density at radius 2 is 1.08 bits per heavy atom. The quantitative estimate of drug-likeness (QED) is 0.0299. The second kappa shape index (κ2) is 47.1. The van der Waals surface area contributed by atoms with E-state index in [1.165, 1.54) is 142 Å². The Morgan fingerprint density at radius 1 is 0.584 bits per heavy atom. The van der Waals surface area contributed by atoms with Gasteiger partial charge in [-0.05, 0) is 64.7 Å². The minimum Gasteiger partial charge on any atom is -0.463 e. The molecule has 3 amide bonds. The van der Waals surface area contributed by atoms with Crippen LogP contribution >= 0.6 is 7.37 Å². The van der Waals surface area contributed by atoms with Gasteiger partial charge in [-0.25, -0.2) is 0 Å². The van der Waals surface area contributed by atoms with E-state index in [1.807, 2.05) is 13.8 Å². The second-order valence-corrected chi connectivity index (χ2v) is 26.3. The first-order chi connectivity index (χ1) is 37.0. The largest absolute Gasteiger partial charge is 0.463 e. The van der Waals surface area contributed by atoms with E-state index in [1.54, 1.807) is 0 Å². The first-order valence-corrected chi connectivity index (χ1v) is 34.2. The molecule has 1 heterocycles. The Balaban J connectivity index is 2.91. The first kappa shape index (κ1) is 72.5. The number of unbranched alkanes of at least 4 members (excludes halogenated alkanes) is 25. The summed E-state index contributed by atoms with van der Waals surface area (Å²) in [7, 11) is -2.86. The van der Waals surface area contributed by atoms with Gasteiger partial charge in [0.15, 0.2) is 13.2 Å². The van der Waals surface area contributed by atoms with Gasteiger partial charge in [0.2, 0.25) is 17.7 Å². The van der Waals surface area contributed by atoms with Gasteiger partial charge in [-0.2, -0.15) is 0 Å². The van der Waals surface area contributed by atoms with Gasteiger partial charge in [0.1, 0.15) is 18.8 Å². The van der Waals surface area contributed by atoms with E-state index in [0.717, 1.165) is 64.2 Å². The van der Waals surface area contributed by atoms with E-state index in [2.05, 4.69) is 43.6 Å². The lowest BCUT2D eigenvalue weighted by Gasteiger charge is -2.23. The Labute approximate surface area is 470 Å². The van der Waals surface area contributed by atoms with Crippen LogP contribution in [0.25, 0.3) is 0 Å². The van der Waals surface area contributed by atoms with Gasteiger partial charge in [0, 0.05) is 45.6 Å². The molecule has 1 fully saturated rings. The molecule has 1 aliphatic heterocycles. The van der Waals surface area contributed by atoms with Crippen LogP contribution in [0.5, 0.6) is 0 Å². The molecule has 15 heteroatoms. The molecule has 3 N–H and O–H groups in total. The van der Waals surface area contributed by atoms with Crippen molar-refractivity contribution < 1.29 is 52.0 Å². The second-order valence-electron chi connectivity index (χ2n) is 23.5. The summed E-state index contributed by atoms with van der Waals surface area (Å²) >= 11 is 0. The highest BCUT2D eigenvalue weighted by molar-refractivity contribution is 7.57. The van der Waals surface area contributed by atoms with E-state index < -0.39 is 43.2 Å². The highest BCUT2D eigenvalue weighted by atomic mass is 31.2. The van der Waals surface area contributed by atoms with Crippen molar-refractivity contribution in [1.82, 2.24) is 16.0 Å². The molecule has 0 aliphatic carbocycles. The standard InChI is InChI=1S/C62H118N3O11P/c1-9-12-15-18-21-24-27-30-33-39-52(4)48-57(66)64-53(50-72-59(68)43-37-36-42-55-51-73-62(5,6)76-55)40-38-46-63-61(70)56(45-47-74-77(7,8)71)65-58(67)49-54(41-34-31-28-25-22-19-16-13-10-2)75-60(69)44-35-32-29-26-23-20-17-14-11-3/h52-56H,9-51H2,1-8H3,(H,63,70)(H,64,66)(H,65,67)/t52-,53-,54-,55?,56+/m1/s1. The Hall–Kier alpha value is -2.54. The number of hydrogen-bond acceptors (Lipinski definition) is 11. The lowest BCUT2D eigenvalue weighted by Crippen LogP contribution is -2.48. The molecule has 0 aromatic heterocycles. The van der Waals surface area contributed by atoms with Crippen molar-refractivity contribution in [3.8, 4) is 0 Å². The third-order valence-electron chi connectivity index (χ3n) is 14.7. The van der Waals surface area contributed by atoms with E-state index in [-0.39, 0.29) is 68.9 Å². The van der Waals surface area contributed by atoms with Gasteiger partial charge < -0.3 is 39.4 Å². The maximum Gasteiger partial charge on any atom is 0.306 e. The normalized spacial score (nSPS) is 15.9. The van der Waals surface area contributed by atoms with Crippen molar-refractivity contribution >= 4 is 37.0 Å². The predicted molar refractivity (Wildman–Crippen MR) is 314 cm³/mol. The van der Waals surface area contributed by atoms with E-state index in [0.29, 0.717) is 45.1 Å². The topological polar surface area (TPSA) is 185 Å². The Bertz CT molecular complexity index is 1560. The van der Waals surface area contributed by atoms with Crippen molar-refractivity contribution in [3.63, 3.8) is 0 Å². The summed E-state index contributed by atoms with van der Waals surface area (Å²) in [6, 6.07) is -1.43. The van der Waals surface area contributed by atoms with Gasteiger partial charge >= 0.3 is 11.9 Å². The molecular weight excluding hydrogens is 994 g/mol. The summed E-state index contributed by atoms with van der Waals surface area (Å²) in [6.07, 6.45) is 37.0. The first-order valence-electron chi connectivity index (χ1n) is 31.7. The molecule has 1 unspecified atom stereocenters. The number of carbonyl (C=O) groups is 5. The SMILES string of the molecule is CCCCCCCCCCCC(=O)O[C@H](CCCCCCCCCCC)CC(=O)N[C@@H](CCOP(C)(C)=O)C(=O)NCCC[C@H](COC(=O)CCCCC1COC(C)(C)O1)NC(=O)C[C@H](C)CCCCCCCCCCC. The Morgan fingerprint density at radius 3 is 1.61 bits per heavy atom. The number of amides is 3. The fourth-order valence-electron chi connectivity index (χ4n) is 10.0. The zero-order valence-electron chi connectivity index (χ0n) is 50.7. The van der Waals surface area contributed by atoms with Crippen molar-refractivity contribution in [2.24, 2.45) is 5.92 Å². The summed E-state index contributed by atoms with van der Waals surface area (Å²) < 4.78 is 41.3. The van der Waals surface area contributed by atoms with Crippen LogP contribution in [0.3, 0.4) is 0 Å². The molecule has 0 aromatic carbocycles. The van der Waals surface area contributed by atoms with Crippen LogP contribution in [0.1, 0.15) is 292 Å². The Kier molecular flexibility index (Phi) is 44.4. The summed E-state index contributed by atoms with van der Waals surface area (Å²) in [5.41, 5.74) is 0. The fraction of sp³-hybridized carbons (Fsp3) is 0.919. The highest BCUT2D eigenvalue weighted by Gasteiger charge is 2.32. The number of rotatable bonds is 53. The van der Waals surface area contributed by atoms with E-state index in [9.17, 15) is 28.5 Å². The minimum atomic E-state index is -2.86. The molecule has 5 atom stereocenters. The lowest BCUT2D eigenvalue weighted by molar-refractivity contribution is -0.151. The average molecular weight is 1110 g/mol. The van der Waals surface area contributed by atoms with Gasteiger partial charge in [-0.1, -0.05) is 201 Å². The average Bonchev–Trinajstić information content (AvgIpc) is 3.73. The predicted octanol–water partition coefficient (Wildman–Crippen LogP) is 15.1. The van der Waals surface area contributed by atoms with Crippen molar-refractivity contribution in [2.45, 2.75) is 322 Å². The third-order valence-corrected chi connectivity index (χ3v) is 15.5. The minimum absolute atomic E-state index is 0.00375. The lowest BCUT2D eigenvalue weighted by atomic mass is 9.98. The zero-order chi connectivity index (χ0) is 56.8. The number of hydrogen-bond donors (Lipinski definition) is 3. The molecule has 0 aromatic rings. The summed E-state index contributed by atoms with van der Waals surface area (Å²) in [4.78, 5) is 67.0. The number of esters is 2. The monoisotopic (exact) mass is 1110 g/mol. The number of ether oxygens (including phenoxy) is 4. The van der Waals surface area contributed by atoms with Crippen LogP contribution in [0, 0.1) is 5.92 Å². The van der Waals surface area contributed by atoms with Crippen LogP contribution < -0.4 is 16.0 Å². The van der Waals surface area contributed by atoms with Crippen molar-refractivity contribution in [2.75, 3.05) is 39.7 Å². The third kappa shape index (κ3) is 44.8. The van der Waals surface area contributed by atoms with Gasteiger partial charge in [-0.15, -0.1) is 0 Å². The summed E-state index contributed by atoms with van der Waals surface area (Å²) in [6.45, 7) is 16.4. The fourth-order valence-corrected chi connectivity index (χ4v) is 10.6. The highest BCUT2D eigenvalue weighted by Crippen LogP contribution is 2.37. The maximum atomic E-state index is 13.8. The summed E-state index contributed by atoms with van der Waals surface area (Å²) in [5, 5.41) is 8.97. The van der Waals surface area contributed by atoms with Gasteiger partial charge in [-0.3, -0.25) is 28.5 Å². The van der Waals surface area contributed by atoms with Crippen LogP contribution in [-0.2, 0) is 52.0 Å². The molecule has 0 saturated carbocycles. The number of nitrogens with one attached hydrogen (secondary N) is 3. The molecule has 0 spiro atoms. The molecule has 1 saturated heterocycles. The molecule has 0 radical (unpaired) electrons. The molecule has 1 rings (SSSR count). The molecule has 77 heavy (non-hydrogen) atoms. The van der Waals surface area contributed by atoms with E-state index >= 15 is 0 Å². The molecular formula is C62H118N3O11P. The zero-order valence-corrected chi connectivity index (χ0v) is 51.6. The molecule has 14 nitrogen and oxygen atoms in total. The van der Waals surface area contributed by atoms with Crippen LogP contribution in [0.15, 0.2) is 0 Å². The maximum absolute atomic E-state index is 13.8. The number of carbonyl (C=O) groups excluding carboxylic acids is 5. The van der Waals surface area contributed by atoms with Crippen LogP contribution in [-0.4, -0.2) is 99.4 Å². The molecule has 0 bridgehead atoms. The van der Waals surface area contributed by atoms with E-state index in [4.69, 9.17) is 23.5 Å². The smallest absolute Gasteiger partial charge is 0.306 e. The van der Waals surface area contributed by atoms with Gasteiger partial charge in [0.05, 0.1) is 31.8 Å². The van der Waals surface area contributed by atoms with Crippen LogP contribution in [0.4, 0.5) is 0 Å². The van der Waals surface area contributed by atoms with Crippen molar-refractivity contribution in [3.05, 3.63) is 0 Å². The summed E-state index contributed by atoms with van der Waals surface area (Å²) in [5.74, 6) is -1.89.